The molecule has 0 radical (unpaired) electrons. The number of carbonyl (C=O) groups excluding carboxylic acids is 4. The fraction of sp³-hybridized carbons (Fsp3) is 0.431. The molecule has 8 rings (SSSR count). The zero-order valence-electron chi connectivity index (χ0n) is 43.7. The van der Waals surface area contributed by atoms with Crippen LogP contribution in [0.2, 0.25) is 0 Å². The van der Waals surface area contributed by atoms with Crippen LogP contribution in [0.3, 0.4) is 0 Å². The molecule has 14 N–H and O–H groups in total. The number of guanidine groups is 1. The Kier molecular flexibility index (Phi) is 17.6. The number of nitrogens with two attached hydrogens (primary N) is 3. The fourth-order valence-electron chi connectivity index (χ4n) is 11.3. The quantitative estimate of drug-likeness (QED) is 0.0111. The maximum atomic E-state index is 15.9. The van der Waals surface area contributed by atoms with Crippen LogP contribution in [-0.2, 0) is 45.7 Å². The van der Waals surface area contributed by atoms with Gasteiger partial charge in [-0.25, -0.2) is 0 Å². The number of ketones is 2. The molecule has 414 valence electrons. The molecule has 1 saturated heterocycles. The normalized spacial score (nSPS) is 25.1. The molecule has 1 heterocycles. The largest absolute Gasteiger partial charge is 0.507 e. The number of nitrogens with one attached hydrogen (secondary N) is 1. The number of aliphatic hydroxyl groups is 6. The number of rotatable bonds is 14. The van der Waals surface area contributed by atoms with Crippen molar-refractivity contribution in [2.75, 3.05) is 26.7 Å². The highest BCUT2D eigenvalue weighted by Crippen LogP contribution is 2.49. The molecule has 0 unspecified atom stereocenters. The lowest BCUT2D eigenvalue weighted by Crippen LogP contribution is -2.67. The highest BCUT2D eigenvalue weighted by atomic mass is 16.7. The van der Waals surface area contributed by atoms with E-state index >= 15 is 9.59 Å². The first kappa shape index (κ1) is 57.3. The predicted octanol–water partition coefficient (Wildman–Crippen LogP) is 2.15. The number of esters is 1. The fourth-order valence-corrected chi connectivity index (χ4v) is 11.3. The molecular weight excluding hydrogens is 1010 g/mol. The number of hydrogen-bond acceptors (Lipinski definition) is 18. The number of aldehydes is 1. The second kappa shape index (κ2) is 24.0. The number of aliphatic hydroxyl groups excluding tert-OH is 3. The third kappa shape index (κ3) is 11.8. The van der Waals surface area contributed by atoms with Crippen molar-refractivity contribution in [3.05, 3.63) is 121 Å². The summed E-state index contributed by atoms with van der Waals surface area (Å²) < 4.78 is 24.5. The van der Waals surface area contributed by atoms with Gasteiger partial charge in [0.05, 0.1) is 49.2 Å². The van der Waals surface area contributed by atoms with Crippen molar-refractivity contribution >= 4 is 41.9 Å². The average Bonchev–Trinajstić information content (AvgIpc) is 3.41. The Morgan fingerprint density at radius 3 is 2.46 bits per heavy atom. The van der Waals surface area contributed by atoms with Crippen LogP contribution in [0, 0.1) is 17.8 Å². The highest BCUT2D eigenvalue weighted by Gasteiger charge is 2.56. The van der Waals surface area contributed by atoms with Gasteiger partial charge in [0.1, 0.15) is 23.4 Å². The summed E-state index contributed by atoms with van der Waals surface area (Å²) in [5.41, 5.74) is 16.0. The standard InChI is InChI=1S/C58H67N5O15/c1-30-53(71)58(73,74)54(75-21-20-63-56(60)61)55(76-30)78-52-40-13-6-12-37(59)16-17-38(67)23-33-9-4-8-32(22-33)15-18-39-44(77-31(2)66)25-36(28-64)45-46(39)51(70)47(40)48(50(45)69)49(68)41(52)24-35-11-5-14-43(42(35)29-65)57(72)19-7-10-34(26-57)27-62-3/h4-5,8-9,11,14-15,18,22,25,29-30,34,37-38,53-55,62,64,67-68,71-74H,7,10,13,16-17,19-21,23-24,26-28,59H2,1-3H3,(H4,60,61,63)/b18-15+/t30-,34-,37-,38+,53+,54-,55+,57+/m0/s1. The minimum atomic E-state index is -3.12. The molecule has 0 spiro atoms. The number of aliphatic imine (C=N–C) groups is 1. The molecule has 8 atom stereocenters. The van der Waals surface area contributed by atoms with Crippen molar-refractivity contribution in [2.24, 2.45) is 28.1 Å². The van der Waals surface area contributed by atoms with E-state index < -0.39 is 114 Å². The van der Waals surface area contributed by atoms with E-state index in [1.807, 2.05) is 19.2 Å². The molecule has 20 nitrogen and oxygen atoms in total. The lowest BCUT2D eigenvalue weighted by atomic mass is 9.72. The van der Waals surface area contributed by atoms with Crippen molar-refractivity contribution in [3.8, 4) is 29.1 Å². The predicted molar refractivity (Wildman–Crippen MR) is 285 cm³/mol. The molecule has 0 aromatic heterocycles. The van der Waals surface area contributed by atoms with E-state index in [0.717, 1.165) is 18.9 Å². The molecule has 78 heavy (non-hydrogen) atoms. The van der Waals surface area contributed by atoms with E-state index in [9.17, 15) is 45.3 Å². The van der Waals surface area contributed by atoms with Crippen LogP contribution in [0.25, 0.3) is 12.2 Å². The van der Waals surface area contributed by atoms with Gasteiger partial charge in [-0.1, -0.05) is 60.4 Å². The van der Waals surface area contributed by atoms with Crippen LogP contribution in [0.5, 0.6) is 17.2 Å². The molecule has 20 heteroatoms. The Labute approximate surface area is 450 Å². The molecule has 4 aromatic rings. The van der Waals surface area contributed by atoms with Gasteiger partial charge in [-0.15, -0.1) is 0 Å². The van der Waals surface area contributed by atoms with Crippen molar-refractivity contribution in [2.45, 2.75) is 126 Å². The van der Waals surface area contributed by atoms with Crippen LogP contribution in [0.15, 0.2) is 53.5 Å². The molecule has 1 aliphatic heterocycles. The Bertz CT molecular complexity index is 3100. The number of phenols is 1. The van der Waals surface area contributed by atoms with Crippen molar-refractivity contribution in [3.63, 3.8) is 0 Å². The third-order valence-corrected chi connectivity index (χ3v) is 14.9. The van der Waals surface area contributed by atoms with E-state index in [0.29, 0.717) is 43.2 Å². The minimum Gasteiger partial charge on any atom is -0.507 e. The smallest absolute Gasteiger partial charge is 0.308 e. The summed E-state index contributed by atoms with van der Waals surface area (Å²) in [6, 6.07) is 12.5. The van der Waals surface area contributed by atoms with Crippen LogP contribution in [0.4, 0.5) is 0 Å². The number of nitrogens with zero attached hydrogens (tertiary/aromatic N) is 1. The SMILES string of the molecule is CNC[C@H]1CCC[C@](O)(c2cccc(Cc3c(O)c4c5c(c3O[C@H]3O[C@@H](C)[C@@H](O)C(O)(O)[C@H]3OCCN=C(N)N)CC#C[C@H](N)CC[C@@H](O)Cc3cccc(c3)/C=C/c3c(OC(C)=O)cc(CO)c(c3C5=O)C4=O)c2C=O)C1. The van der Waals surface area contributed by atoms with Gasteiger partial charge >= 0.3 is 5.97 Å². The third-order valence-electron chi connectivity index (χ3n) is 14.9. The van der Waals surface area contributed by atoms with Crippen molar-refractivity contribution in [1.29, 1.82) is 0 Å². The van der Waals surface area contributed by atoms with E-state index in [4.69, 9.17) is 36.1 Å². The van der Waals surface area contributed by atoms with Crippen molar-refractivity contribution in [1.82, 2.24) is 5.32 Å². The van der Waals surface area contributed by atoms with Crippen LogP contribution in [-0.4, -0.2) is 135 Å². The Morgan fingerprint density at radius 1 is 0.987 bits per heavy atom. The van der Waals surface area contributed by atoms with Crippen LogP contribution >= 0.6 is 0 Å². The number of ether oxygens (including phenoxy) is 4. The molecule has 4 bridgehead atoms. The molecule has 1 saturated carbocycles. The van der Waals surface area contributed by atoms with Gasteiger partial charge < -0.3 is 77.2 Å². The molecule has 4 aliphatic rings. The topological polar surface area (TPSA) is 349 Å². The Hall–Kier alpha value is -6.87. The second-order valence-corrected chi connectivity index (χ2v) is 20.5. The lowest BCUT2D eigenvalue weighted by Gasteiger charge is -2.46. The lowest BCUT2D eigenvalue weighted by molar-refractivity contribution is -0.378. The summed E-state index contributed by atoms with van der Waals surface area (Å²) >= 11 is 0. The first-order valence-corrected chi connectivity index (χ1v) is 26.0. The maximum absolute atomic E-state index is 15.9. The Balaban J connectivity index is 1.43. The number of phenolic OH excluding ortho intramolecular Hbond substituents is 1. The molecule has 4 aromatic carbocycles. The van der Waals surface area contributed by atoms with Gasteiger partial charge in [0.15, 0.2) is 29.9 Å². The number of carbonyl (C=O) groups is 4. The van der Waals surface area contributed by atoms with Gasteiger partial charge in [-0.2, -0.15) is 0 Å². The number of benzene rings is 4. The monoisotopic (exact) mass is 1070 g/mol. The minimum absolute atomic E-state index is 0.0545. The van der Waals surface area contributed by atoms with Crippen LogP contribution in [0.1, 0.15) is 139 Å². The summed E-state index contributed by atoms with van der Waals surface area (Å²) in [5, 5.41) is 85.0. The first-order valence-electron chi connectivity index (χ1n) is 26.0. The summed E-state index contributed by atoms with van der Waals surface area (Å²) in [5.74, 6) is -1.43. The second-order valence-electron chi connectivity index (χ2n) is 20.5. The van der Waals surface area contributed by atoms with E-state index in [1.165, 1.54) is 19.1 Å². The zero-order valence-corrected chi connectivity index (χ0v) is 43.7. The molecule has 0 amide bonds. The maximum Gasteiger partial charge on any atom is 0.308 e. The first-order chi connectivity index (χ1) is 37.2. The van der Waals surface area contributed by atoms with Gasteiger partial charge in [0.2, 0.25) is 12.1 Å². The summed E-state index contributed by atoms with van der Waals surface area (Å²) in [6.45, 7) is 1.65. The number of hydrogen-bond donors (Lipinski definition) is 11. The molecular formula is C58H67N5O15. The van der Waals surface area contributed by atoms with Gasteiger partial charge in [-0.3, -0.25) is 24.2 Å². The van der Waals surface area contributed by atoms with Gasteiger partial charge in [0, 0.05) is 58.7 Å². The van der Waals surface area contributed by atoms with E-state index in [-0.39, 0.29) is 87.9 Å². The van der Waals surface area contributed by atoms with Gasteiger partial charge in [0.25, 0.3) is 0 Å². The average molecular weight is 1070 g/mol. The van der Waals surface area contributed by atoms with E-state index in [1.54, 1.807) is 36.4 Å². The van der Waals surface area contributed by atoms with Crippen molar-refractivity contribution < 1.29 is 73.9 Å². The highest BCUT2D eigenvalue weighted by molar-refractivity contribution is 6.32. The van der Waals surface area contributed by atoms with E-state index in [2.05, 4.69) is 22.2 Å². The zero-order chi connectivity index (χ0) is 56.2. The van der Waals surface area contributed by atoms with Crippen LogP contribution < -0.4 is 32.0 Å². The van der Waals surface area contributed by atoms with Gasteiger partial charge in [-0.05, 0) is 111 Å². The Morgan fingerprint density at radius 2 is 1.74 bits per heavy atom. The number of fused-ring (bicyclic) bond motifs is 2. The summed E-state index contributed by atoms with van der Waals surface area (Å²) in [4.78, 5) is 61.7. The molecule has 2 fully saturated rings. The molecule has 3 aliphatic carbocycles. The summed E-state index contributed by atoms with van der Waals surface area (Å²) in [6.07, 6.45) is -2.49. The number of aromatic hydroxyl groups is 1. The summed E-state index contributed by atoms with van der Waals surface area (Å²) in [7, 11) is 1.82.